The predicted molar refractivity (Wildman–Crippen MR) is 128 cm³/mol. The summed E-state index contributed by atoms with van der Waals surface area (Å²) >= 11 is 1.34. The van der Waals surface area contributed by atoms with Crippen molar-refractivity contribution in [3.8, 4) is 5.75 Å². The first kappa shape index (κ1) is 26.4. The van der Waals surface area contributed by atoms with E-state index in [0.29, 0.717) is 5.75 Å². The Kier molecular flexibility index (Phi) is 9.80. The summed E-state index contributed by atoms with van der Waals surface area (Å²) in [6.45, 7) is 2.52. The van der Waals surface area contributed by atoms with E-state index in [1.807, 2.05) is 42.5 Å². The summed E-state index contributed by atoms with van der Waals surface area (Å²) in [6, 6.07) is 15.9. The van der Waals surface area contributed by atoms with Gasteiger partial charge >= 0.3 is 11.9 Å². The third-order valence-corrected chi connectivity index (χ3v) is 6.32. The third kappa shape index (κ3) is 7.63. The Balaban J connectivity index is 1.92. The number of carbonyl (C=O) groups excluding carboxylic acids is 2. The summed E-state index contributed by atoms with van der Waals surface area (Å²) in [5.74, 6) is -0.376. The van der Waals surface area contributed by atoms with Gasteiger partial charge in [-0.2, -0.15) is 0 Å². The topological polar surface area (TPSA) is 129 Å². The second-order valence-electron chi connectivity index (χ2n) is 7.67. The van der Waals surface area contributed by atoms with Gasteiger partial charge in [0.25, 0.3) is 0 Å². The van der Waals surface area contributed by atoms with Gasteiger partial charge in [0.05, 0.1) is 13.7 Å². The smallest absolute Gasteiger partial charge is 0.303 e. The van der Waals surface area contributed by atoms with Crippen LogP contribution in [-0.2, 0) is 35.1 Å². The monoisotopic (exact) mass is 501 g/mol. The van der Waals surface area contributed by atoms with E-state index in [1.54, 1.807) is 19.2 Å². The van der Waals surface area contributed by atoms with Gasteiger partial charge in [0.15, 0.2) is 6.10 Å². The van der Waals surface area contributed by atoms with E-state index < -0.39 is 41.7 Å². The number of ether oxygens (including phenoxy) is 5. The van der Waals surface area contributed by atoms with Crippen LogP contribution in [0.25, 0.3) is 10.4 Å². The fraction of sp³-hybridized carbons (Fsp3) is 0.417. The molecule has 0 aliphatic carbocycles. The standard InChI is InChI=1S/C24H27N3O7S/c1-15(28)31-14-20-22(33-16(2)29)23(32-13-17-9-11-18(30-3)12-10-17)21(26-27-25)24(34-20)35-19-7-5-4-6-8-19/h4-12,20-24H,13-14H2,1-3H3/t20-,21-,22-,23-,24+/m1/s1. The number of azide groups is 1. The molecule has 0 spiro atoms. The van der Waals surface area contributed by atoms with Crippen LogP contribution in [0.3, 0.4) is 0 Å². The fourth-order valence-corrected chi connectivity index (χ4v) is 4.71. The van der Waals surface area contributed by atoms with Gasteiger partial charge in [0.1, 0.15) is 36.0 Å². The molecule has 186 valence electrons. The van der Waals surface area contributed by atoms with Crippen LogP contribution in [-0.4, -0.2) is 55.4 Å². The van der Waals surface area contributed by atoms with Crippen molar-refractivity contribution in [1.82, 2.24) is 0 Å². The molecule has 1 aliphatic heterocycles. The average molecular weight is 502 g/mol. The number of benzene rings is 2. The van der Waals surface area contributed by atoms with Crippen LogP contribution < -0.4 is 4.74 Å². The van der Waals surface area contributed by atoms with Gasteiger partial charge in [-0.1, -0.05) is 47.2 Å². The molecule has 5 atom stereocenters. The van der Waals surface area contributed by atoms with Crippen LogP contribution in [0.15, 0.2) is 64.6 Å². The van der Waals surface area contributed by atoms with E-state index in [1.165, 1.54) is 25.6 Å². The van der Waals surface area contributed by atoms with E-state index in [-0.39, 0.29) is 13.2 Å². The van der Waals surface area contributed by atoms with Gasteiger partial charge in [-0.05, 0) is 35.4 Å². The number of esters is 2. The molecule has 2 aromatic rings. The van der Waals surface area contributed by atoms with Crippen molar-refractivity contribution in [3.05, 3.63) is 70.6 Å². The zero-order chi connectivity index (χ0) is 25.2. The van der Waals surface area contributed by atoms with Crippen LogP contribution in [0.2, 0.25) is 0 Å². The van der Waals surface area contributed by atoms with E-state index in [2.05, 4.69) is 10.0 Å². The summed E-state index contributed by atoms with van der Waals surface area (Å²) in [5.41, 5.74) is 9.46. The molecule has 11 heteroatoms. The van der Waals surface area contributed by atoms with Crippen molar-refractivity contribution in [1.29, 1.82) is 0 Å². The first-order chi connectivity index (χ1) is 16.9. The minimum absolute atomic E-state index is 0.146. The normalized spacial score (nSPS) is 23.6. The summed E-state index contributed by atoms with van der Waals surface area (Å²) < 4.78 is 28.3. The number of rotatable bonds is 10. The molecule has 0 amide bonds. The minimum Gasteiger partial charge on any atom is -0.497 e. The van der Waals surface area contributed by atoms with Crippen LogP contribution >= 0.6 is 11.8 Å². The lowest BCUT2D eigenvalue weighted by molar-refractivity contribution is -0.209. The minimum atomic E-state index is -0.978. The molecule has 0 N–H and O–H groups in total. The highest BCUT2D eigenvalue weighted by atomic mass is 32.2. The Morgan fingerprint density at radius 2 is 1.77 bits per heavy atom. The second-order valence-corrected chi connectivity index (χ2v) is 8.84. The average Bonchev–Trinajstić information content (AvgIpc) is 2.85. The van der Waals surface area contributed by atoms with E-state index in [0.717, 1.165) is 10.5 Å². The summed E-state index contributed by atoms with van der Waals surface area (Å²) in [4.78, 5) is 27.3. The number of methoxy groups -OCH3 is 1. The highest BCUT2D eigenvalue weighted by Crippen LogP contribution is 2.37. The molecule has 3 rings (SSSR count). The Morgan fingerprint density at radius 3 is 2.37 bits per heavy atom. The third-order valence-electron chi connectivity index (χ3n) is 5.15. The van der Waals surface area contributed by atoms with Crippen molar-refractivity contribution < 1.29 is 33.3 Å². The Labute approximate surface area is 207 Å². The summed E-state index contributed by atoms with van der Waals surface area (Å²) in [6.07, 6.45) is -2.68. The molecule has 0 bridgehead atoms. The van der Waals surface area contributed by atoms with E-state index >= 15 is 0 Å². The highest BCUT2D eigenvalue weighted by Gasteiger charge is 2.49. The lowest BCUT2D eigenvalue weighted by atomic mass is 9.98. The molecule has 10 nitrogen and oxygen atoms in total. The zero-order valence-electron chi connectivity index (χ0n) is 19.6. The summed E-state index contributed by atoms with van der Waals surface area (Å²) in [5, 5.41) is 3.96. The fourth-order valence-electron chi connectivity index (χ4n) is 3.58. The van der Waals surface area contributed by atoms with Crippen LogP contribution in [0.1, 0.15) is 19.4 Å². The molecule has 0 radical (unpaired) electrons. The molecule has 0 saturated carbocycles. The molecular weight excluding hydrogens is 474 g/mol. The molecular formula is C24H27N3O7S. The maximum absolute atomic E-state index is 12.0. The molecule has 35 heavy (non-hydrogen) atoms. The molecule has 1 heterocycles. The van der Waals surface area contributed by atoms with Gasteiger partial charge in [-0.3, -0.25) is 9.59 Å². The maximum Gasteiger partial charge on any atom is 0.303 e. The molecule has 2 aromatic carbocycles. The van der Waals surface area contributed by atoms with Gasteiger partial charge in [-0.25, -0.2) is 0 Å². The number of carbonyl (C=O) groups is 2. The van der Waals surface area contributed by atoms with Crippen molar-refractivity contribution >= 4 is 23.7 Å². The maximum atomic E-state index is 12.0. The predicted octanol–water partition coefficient (Wildman–Crippen LogP) is 4.27. The van der Waals surface area contributed by atoms with Crippen LogP contribution in [0, 0.1) is 0 Å². The Bertz CT molecular complexity index is 1030. The number of thioether (sulfide) groups is 1. The lowest BCUT2D eigenvalue weighted by Gasteiger charge is -2.44. The lowest BCUT2D eigenvalue weighted by Crippen LogP contribution is -2.59. The van der Waals surface area contributed by atoms with Gasteiger partial charge in [-0.15, -0.1) is 0 Å². The Hall–Kier alpha value is -3.24. The van der Waals surface area contributed by atoms with Gasteiger partial charge < -0.3 is 23.7 Å². The van der Waals surface area contributed by atoms with Crippen molar-refractivity contribution in [3.63, 3.8) is 0 Å². The van der Waals surface area contributed by atoms with Crippen molar-refractivity contribution in [2.75, 3.05) is 13.7 Å². The number of nitrogens with zero attached hydrogens (tertiary/aromatic N) is 3. The van der Waals surface area contributed by atoms with Crippen LogP contribution in [0.5, 0.6) is 5.75 Å². The number of hydrogen-bond acceptors (Lipinski definition) is 9. The van der Waals surface area contributed by atoms with Gasteiger partial charge in [0, 0.05) is 23.7 Å². The highest BCUT2D eigenvalue weighted by molar-refractivity contribution is 7.99. The van der Waals surface area contributed by atoms with Crippen LogP contribution in [0.4, 0.5) is 0 Å². The Morgan fingerprint density at radius 1 is 1.06 bits per heavy atom. The molecule has 1 aliphatic rings. The first-order valence-corrected chi connectivity index (χ1v) is 11.8. The first-order valence-electron chi connectivity index (χ1n) is 10.9. The van der Waals surface area contributed by atoms with Gasteiger partial charge in [0.2, 0.25) is 0 Å². The number of hydrogen-bond donors (Lipinski definition) is 0. The SMILES string of the molecule is COc1ccc(CO[C@@H]2[C@@H](N=[N+]=[N-])[C@H](Sc3ccccc3)O[C@H](COC(C)=O)[C@H]2OC(C)=O)cc1. The molecule has 0 aromatic heterocycles. The van der Waals surface area contributed by atoms with Crippen molar-refractivity contribution in [2.45, 2.75) is 55.1 Å². The van der Waals surface area contributed by atoms with E-state index in [4.69, 9.17) is 23.7 Å². The van der Waals surface area contributed by atoms with Crippen molar-refractivity contribution in [2.24, 2.45) is 5.11 Å². The largest absolute Gasteiger partial charge is 0.497 e. The second kappa shape index (κ2) is 13.0. The quantitative estimate of drug-likeness (QED) is 0.204. The van der Waals surface area contributed by atoms with E-state index in [9.17, 15) is 15.1 Å². The summed E-state index contributed by atoms with van der Waals surface area (Å²) in [7, 11) is 1.58. The molecule has 0 unspecified atom stereocenters. The molecule has 1 fully saturated rings. The molecule has 1 saturated heterocycles. The zero-order valence-corrected chi connectivity index (χ0v) is 20.4.